The number of carboxylic acid groups (broad SMARTS) is 1. The van der Waals surface area contributed by atoms with E-state index in [0.29, 0.717) is 0 Å². The van der Waals surface area contributed by atoms with Crippen molar-refractivity contribution in [3.05, 3.63) is 12.7 Å². The zero-order chi connectivity index (χ0) is 8.69. The second kappa shape index (κ2) is 6.01. The highest BCUT2D eigenvalue weighted by molar-refractivity contribution is 7.39. The van der Waals surface area contributed by atoms with Crippen molar-refractivity contribution in [2.45, 2.75) is 6.42 Å². The van der Waals surface area contributed by atoms with Crippen LogP contribution in [0.2, 0.25) is 0 Å². The van der Waals surface area contributed by atoms with Crippen LogP contribution in [0.4, 0.5) is 0 Å². The van der Waals surface area contributed by atoms with Crippen LogP contribution >= 0.6 is 8.03 Å². The summed E-state index contributed by atoms with van der Waals surface area (Å²) in [6, 6.07) is 0. The summed E-state index contributed by atoms with van der Waals surface area (Å²) in [4.78, 5) is 9.97. The molecule has 0 fully saturated rings. The van der Waals surface area contributed by atoms with Crippen LogP contribution < -0.4 is 0 Å². The summed E-state index contributed by atoms with van der Waals surface area (Å²) in [7, 11) is -1.82. The fourth-order valence-corrected chi connectivity index (χ4v) is 1.16. The largest absolute Gasteiger partial charge is 0.508 e. The molecule has 0 saturated heterocycles. The van der Waals surface area contributed by atoms with Gasteiger partial charge in [0.1, 0.15) is 6.61 Å². The lowest BCUT2D eigenvalue weighted by atomic mass is 10.5. The van der Waals surface area contributed by atoms with Crippen LogP contribution in [0.5, 0.6) is 0 Å². The van der Waals surface area contributed by atoms with Gasteiger partial charge in [0.15, 0.2) is 6.16 Å². The fraction of sp³-hybridized carbons (Fsp3) is 0.500. The van der Waals surface area contributed by atoms with Gasteiger partial charge in [-0.3, -0.25) is 4.79 Å². The van der Waals surface area contributed by atoms with Gasteiger partial charge in [0, 0.05) is 0 Å². The molecule has 1 unspecified atom stereocenters. The molecule has 1 N–H and O–H groups in total. The maximum atomic E-state index is 10.7. The third kappa shape index (κ3) is 7.16. The van der Waals surface area contributed by atoms with E-state index in [1.807, 2.05) is 0 Å². The van der Waals surface area contributed by atoms with Gasteiger partial charge in [0.25, 0.3) is 0 Å². The first-order valence-corrected chi connectivity index (χ1v) is 4.43. The summed E-state index contributed by atoms with van der Waals surface area (Å²) in [5.41, 5.74) is 0. The number of carboxylic acids is 1. The van der Waals surface area contributed by atoms with Crippen LogP contribution in [0.25, 0.3) is 0 Å². The molecule has 4 nitrogen and oxygen atoms in total. The van der Waals surface area contributed by atoms with Crippen molar-refractivity contribution in [2.24, 2.45) is 0 Å². The Morgan fingerprint density at radius 2 is 2.36 bits per heavy atom. The fourth-order valence-electron chi connectivity index (χ4n) is 0.387. The first-order chi connectivity index (χ1) is 5.16. The minimum absolute atomic E-state index is 0.0680. The van der Waals surface area contributed by atoms with Gasteiger partial charge in [-0.1, -0.05) is 6.08 Å². The zero-order valence-electron chi connectivity index (χ0n) is 6.02. The monoisotopic (exact) mass is 177 g/mol. The molecule has 0 bridgehead atoms. The minimum atomic E-state index is -1.82. The molecule has 0 aliphatic heterocycles. The molecule has 0 aliphatic rings. The van der Waals surface area contributed by atoms with Gasteiger partial charge in [0.2, 0.25) is 0 Å². The Morgan fingerprint density at radius 1 is 1.73 bits per heavy atom. The quantitative estimate of drug-likeness (QED) is 0.492. The Labute approximate surface area is 65.7 Å². The maximum Gasteiger partial charge on any atom is 0.508 e. The van der Waals surface area contributed by atoms with Crippen LogP contribution in [-0.4, -0.2) is 23.8 Å². The lowest BCUT2D eigenvalue weighted by molar-refractivity contribution is -0.136. The van der Waals surface area contributed by atoms with Crippen molar-refractivity contribution >= 4 is 14.0 Å². The van der Waals surface area contributed by atoms with Crippen molar-refractivity contribution in [3.8, 4) is 0 Å². The molecular formula is C6H10O4P+. The molecular weight excluding hydrogens is 167 g/mol. The molecule has 0 saturated carbocycles. The minimum Gasteiger partial charge on any atom is -0.481 e. The summed E-state index contributed by atoms with van der Waals surface area (Å²) in [6.45, 7) is 3.56. The van der Waals surface area contributed by atoms with Crippen LogP contribution in [0.1, 0.15) is 6.42 Å². The highest BCUT2D eigenvalue weighted by Crippen LogP contribution is 2.22. The van der Waals surface area contributed by atoms with Crippen molar-refractivity contribution in [2.75, 3.05) is 12.8 Å². The Hall–Kier alpha value is -0.730. The molecule has 0 spiro atoms. The standard InChI is InChI=1S/C6H9O4P/c1-2-4-10-11(9)5-3-6(7)8/h2H,1,3-5H2/p+1. The molecule has 0 aliphatic carbocycles. The van der Waals surface area contributed by atoms with E-state index < -0.39 is 14.0 Å². The summed E-state index contributed by atoms with van der Waals surface area (Å²) < 4.78 is 15.4. The molecule has 0 aromatic carbocycles. The summed E-state index contributed by atoms with van der Waals surface area (Å²) in [5, 5.41) is 8.18. The van der Waals surface area contributed by atoms with Crippen molar-refractivity contribution in [1.82, 2.24) is 0 Å². The number of aliphatic carboxylic acids is 1. The Balaban J connectivity index is 3.37. The van der Waals surface area contributed by atoms with Crippen LogP contribution in [-0.2, 0) is 13.9 Å². The van der Waals surface area contributed by atoms with Gasteiger partial charge in [-0.25, -0.2) is 0 Å². The average Bonchev–Trinajstić information content (AvgIpc) is 1.97. The second-order valence-electron chi connectivity index (χ2n) is 1.78. The maximum absolute atomic E-state index is 10.7. The summed E-state index contributed by atoms with van der Waals surface area (Å²) in [5.74, 6) is -0.962. The number of hydrogen-bond acceptors (Lipinski definition) is 3. The Kier molecular flexibility index (Phi) is 5.61. The van der Waals surface area contributed by atoms with Gasteiger partial charge >= 0.3 is 14.0 Å². The van der Waals surface area contributed by atoms with Crippen LogP contribution in [0.15, 0.2) is 12.7 Å². The molecule has 0 aromatic heterocycles. The van der Waals surface area contributed by atoms with Gasteiger partial charge in [-0.2, -0.15) is 0 Å². The van der Waals surface area contributed by atoms with Crippen LogP contribution in [0, 0.1) is 0 Å². The Bertz CT molecular complexity index is 166. The molecule has 0 aromatic rings. The SMILES string of the molecule is C=CCO[P+](=O)CCC(=O)O. The van der Waals surface area contributed by atoms with Gasteiger partial charge in [-0.05, 0) is 4.57 Å². The first-order valence-electron chi connectivity index (χ1n) is 3.07. The molecule has 1 atom stereocenters. The van der Waals surface area contributed by atoms with Crippen molar-refractivity contribution < 1.29 is 19.0 Å². The van der Waals surface area contributed by atoms with Gasteiger partial charge < -0.3 is 5.11 Å². The molecule has 0 rings (SSSR count). The van der Waals surface area contributed by atoms with Crippen molar-refractivity contribution in [1.29, 1.82) is 0 Å². The third-order valence-corrected chi connectivity index (χ3v) is 1.87. The molecule has 5 heteroatoms. The number of hydrogen-bond donors (Lipinski definition) is 1. The van der Waals surface area contributed by atoms with E-state index in [2.05, 4.69) is 11.1 Å². The number of carbonyl (C=O) groups is 1. The second-order valence-corrected chi connectivity index (χ2v) is 3.16. The molecule has 11 heavy (non-hydrogen) atoms. The van der Waals surface area contributed by atoms with E-state index in [1.54, 1.807) is 0 Å². The highest BCUT2D eigenvalue weighted by Gasteiger charge is 2.17. The lowest BCUT2D eigenvalue weighted by Crippen LogP contribution is -1.96. The molecule has 0 amide bonds. The van der Waals surface area contributed by atoms with E-state index in [1.165, 1.54) is 6.08 Å². The molecule has 0 radical (unpaired) electrons. The summed E-state index contributed by atoms with van der Waals surface area (Å²) in [6.07, 6.45) is 1.42. The van der Waals surface area contributed by atoms with E-state index in [-0.39, 0.29) is 19.2 Å². The average molecular weight is 177 g/mol. The lowest BCUT2D eigenvalue weighted by Gasteiger charge is -1.83. The molecule has 0 heterocycles. The third-order valence-electron chi connectivity index (χ3n) is 0.845. The predicted octanol–water partition coefficient (Wildman–Crippen LogP) is 1.41. The van der Waals surface area contributed by atoms with Gasteiger partial charge in [0.05, 0.1) is 6.42 Å². The first kappa shape index (κ1) is 10.3. The van der Waals surface area contributed by atoms with Crippen molar-refractivity contribution in [3.63, 3.8) is 0 Å². The highest BCUT2D eigenvalue weighted by atomic mass is 31.1. The normalized spacial score (nSPS) is 10.7. The number of rotatable bonds is 6. The zero-order valence-corrected chi connectivity index (χ0v) is 6.92. The van der Waals surface area contributed by atoms with E-state index >= 15 is 0 Å². The topological polar surface area (TPSA) is 63.6 Å². The van der Waals surface area contributed by atoms with Crippen LogP contribution in [0.3, 0.4) is 0 Å². The van der Waals surface area contributed by atoms with E-state index in [0.717, 1.165) is 0 Å². The van der Waals surface area contributed by atoms with E-state index in [4.69, 9.17) is 5.11 Å². The summed E-state index contributed by atoms with van der Waals surface area (Å²) >= 11 is 0. The van der Waals surface area contributed by atoms with E-state index in [9.17, 15) is 9.36 Å². The van der Waals surface area contributed by atoms with Gasteiger partial charge in [-0.15, -0.1) is 11.1 Å². The Morgan fingerprint density at radius 3 is 2.82 bits per heavy atom. The smallest absolute Gasteiger partial charge is 0.481 e. The predicted molar refractivity (Wildman–Crippen MR) is 40.9 cm³/mol. The molecule has 62 valence electrons.